The summed E-state index contributed by atoms with van der Waals surface area (Å²) in [6, 6.07) is 64.5. The Balaban J connectivity index is 1.11. The summed E-state index contributed by atoms with van der Waals surface area (Å²) in [5, 5.41) is 2.37. The van der Waals surface area contributed by atoms with Crippen molar-refractivity contribution in [2.45, 2.75) is 0 Å². The van der Waals surface area contributed by atoms with Gasteiger partial charge in [0.15, 0.2) is 23.3 Å². The van der Waals surface area contributed by atoms with Crippen LogP contribution in [0.4, 0.5) is 0 Å². The lowest BCUT2D eigenvalue weighted by molar-refractivity contribution is 1.08. The van der Waals surface area contributed by atoms with Crippen LogP contribution in [0, 0.1) is 0 Å². The lowest BCUT2D eigenvalue weighted by atomic mass is 9.95. The summed E-state index contributed by atoms with van der Waals surface area (Å²) in [4.78, 5) is 25.2. The first kappa shape index (κ1) is 32.5. The Labute approximate surface area is 322 Å². The fraction of sp³-hybridized carbons (Fsp3) is 0. The van der Waals surface area contributed by atoms with Crippen LogP contribution >= 0.6 is 11.3 Å². The van der Waals surface area contributed by atoms with Gasteiger partial charge in [0.05, 0.1) is 11.4 Å². The number of benzene rings is 7. The van der Waals surface area contributed by atoms with Crippen molar-refractivity contribution in [2.24, 2.45) is 0 Å². The van der Waals surface area contributed by atoms with Gasteiger partial charge >= 0.3 is 0 Å². The molecule has 3 heterocycles. The Kier molecular flexibility index (Phi) is 8.28. The van der Waals surface area contributed by atoms with E-state index in [4.69, 9.17) is 24.9 Å². The monoisotopic (exact) mass is 721 g/mol. The number of hydrogen-bond acceptors (Lipinski definition) is 6. The average molecular weight is 722 g/mol. The molecule has 6 heteroatoms. The van der Waals surface area contributed by atoms with Gasteiger partial charge < -0.3 is 0 Å². The van der Waals surface area contributed by atoms with E-state index in [1.807, 2.05) is 97.1 Å². The Hall–Kier alpha value is -7.15. The van der Waals surface area contributed by atoms with Crippen LogP contribution in [0.2, 0.25) is 0 Å². The van der Waals surface area contributed by atoms with Gasteiger partial charge in [-0.1, -0.05) is 170 Å². The third-order valence-corrected chi connectivity index (χ3v) is 11.0. The molecule has 0 aliphatic carbocycles. The van der Waals surface area contributed by atoms with Gasteiger partial charge in [-0.15, -0.1) is 11.3 Å². The molecule has 0 amide bonds. The number of rotatable bonds is 7. The van der Waals surface area contributed by atoms with E-state index in [2.05, 4.69) is 91.0 Å². The molecule has 0 N–H and O–H groups in total. The van der Waals surface area contributed by atoms with E-state index in [1.54, 1.807) is 11.3 Å². The van der Waals surface area contributed by atoms with Crippen LogP contribution in [0.15, 0.2) is 188 Å². The molecule has 10 aromatic rings. The van der Waals surface area contributed by atoms with Crippen LogP contribution in [-0.2, 0) is 0 Å². The van der Waals surface area contributed by atoms with Gasteiger partial charge in [-0.25, -0.2) is 24.9 Å². The van der Waals surface area contributed by atoms with E-state index in [9.17, 15) is 0 Å². The molecule has 0 saturated heterocycles. The molecular formula is C49H31N5S. The molecule has 0 atom stereocenters. The fourth-order valence-corrected chi connectivity index (χ4v) is 8.34. The van der Waals surface area contributed by atoms with Crippen molar-refractivity contribution in [3.63, 3.8) is 0 Å². The molecule has 0 spiro atoms. The third kappa shape index (κ3) is 6.24. The van der Waals surface area contributed by atoms with E-state index in [1.165, 1.54) is 15.5 Å². The summed E-state index contributed by atoms with van der Waals surface area (Å²) in [6.45, 7) is 0. The molecule has 7 aromatic carbocycles. The molecule has 258 valence electrons. The van der Waals surface area contributed by atoms with Crippen LogP contribution in [-0.4, -0.2) is 24.9 Å². The highest BCUT2D eigenvalue weighted by atomic mass is 32.1. The molecule has 0 aliphatic rings. The van der Waals surface area contributed by atoms with Crippen molar-refractivity contribution in [3.05, 3.63) is 188 Å². The van der Waals surface area contributed by atoms with Crippen LogP contribution in [0.1, 0.15) is 0 Å². The molecule has 0 aliphatic heterocycles. The maximum absolute atomic E-state index is 5.16. The van der Waals surface area contributed by atoms with E-state index in [0.717, 1.165) is 60.6 Å². The molecule has 3 aromatic heterocycles. The molecule has 55 heavy (non-hydrogen) atoms. The van der Waals surface area contributed by atoms with E-state index in [-0.39, 0.29) is 0 Å². The van der Waals surface area contributed by atoms with Crippen molar-refractivity contribution in [3.8, 4) is 79.2 Å². The second-order valence-corrected chi connectivity index (χ2v) is 14.3. The highest BCUT2D eigenvalue weighted by molar-refractivity contribution is 7.26. The molecule has 5 nitrogen and oxygen atoms in total. The number of thiophene rings is 1. The van der Waals surface area contributed by atoms with E-state index in [0.29, 0.717) is 23.3 Å². The van der Waals surface area contributed by atoms with Crippen LogP contribution in [0.25, 0.3) is 99.4 Å². The smallest absolute Gasteiger partial charge is 0.165 e. The Bertz CT molecular complexity index is 2850. The molecular weight excluding hydrogens is 691 g/mol. The second-order valence-electron chi connectivity index (χ2n) is 13.3. The molecule has 10 rings (SSSR count). The Morgan fingerprint density at radius 2 is 0.782 bits per heavy atom. The maximum atomic E-state index is 5.16. The summed E-state index contributed by atoms with van der Waals surface area (Å²) < 4.78 is 2.33. The first-order valence-corrected chi connectivity index (χ1v) is 19.0. The molecule has 0 unspecified atom stereocenters. The zero-order chi connectivity index (χ0) is 36.6. The summed E-state index contributed by atoms with van der Waals surface area (Å²) in [5.74, 6) is 2.65. The predicted molar refractivity (Wildman–Crippen MR) is 226 cm³/mol. The van der Waals surface area contributed by atoms with Gasteiger partial charge in [-0.05, 0) is 29.3 Å². The van der Waals surface area contributed by atoms with Crippen molar-refractivity contribution >= 4 is 31.5 Å². The zero-order valence-corrected chi connectivity index (χ0v) is 30.4. The second kappa shape index (κ2) is 14.0. The minimum atomic E-state index is 0.650. The lowest BCUT2D eigenvalue weighted by Gasteiger charge is -2.13. The zero-order valence-electron chi connectivity index (χ0n) is 29.5. The Morgan fingerprint density at radius 3 is 1.40 bits per heavy atom. The number of hydrogen-bond donors (Lipinski definition) is 0. The van der Waals surface area contributed by atoms with Crippen LogP contribution < -0.4 is 0 Å². The normalized spacial score (nSPS) is 11.3. The van der Waals surface area contributed by atoms with Gasteiger partial charge in [0, 0.05) is 53.6 Å². The van der Waals surface area contributed by atoms with E-state index >= 15 is 0 Å². The number of fused-ring (bicyclic) bond motifs is 3. The molecule has 0 fully saturated rings. The van der Waals surface area contributed by atoms with Crippen molar-refractivity contribution < 1.29 is 0 Å². The lowest BCUT2D eigenvalue weighted by Crippen LogP contribution is -2.00. The topological polar surface area (TPSA) is 64.5 Å². The minimum Gasteiger partial charge on any atom is -0.228 e. The summed E-state index contributed by atoms with van der Waals surface area (Å²) in [6.07, 6.45) is 0. The van der Waals surface area contributed by atoms with Crippen LogP contribution in [0.3, 0.4) is 0 Å². The van der Waals surface area contributed by atoms with Crippen molar-refractivity contribution in [1.82, 2.24) is 24.9 Å². The SMILES string of the molecule is c1ccc(-c2cc(-c3ccccc3-c3ccc4c(c3)sc3c(-c5nc(-c6ccccc6)nc(-c6ccccc6)n5)cccc34)nc(-c3ccccc3)n2)cc1. The van der Waals surface area contributed by atoms with Crippen molar-refractivity contribution in [2.75, 3.05) is 0 Å². The Morgan fingerprint density at radius 1 is 0.291 bits per heavy atom. The number of aromatic nitrogens is 5. The maximum Gasteiger partial charge on any atom is 0.165 e. The average Bonchev–Trinajstić information content (AvgIpc) is 3.65. The fourth-order valence-electron chi connectivity index (χ4n) is 7.09. The largest absolute Gasteiger partial charge is 0.228 e. The highest BCUT2D eigenvalue weighted by Crippen LogP contribution is 2.42. The van der Waals surface area contributed by atoms with Gasteiger partial charge in [-0.3, -0.25) is 0 Å². The standard InChI is InChI=1S/C49H31N5S/c1-5-16-32(17-6-1)42-31-43(51-46(50-42)33-18-7-2-8-19-33)38-25-14-13-24-37(38)36-28-29-39-40-26-15-27-41(45(40)55-44(39)30-36)49-53-47(34-20-9-3-10-21-34)52-48(54-49)35-22-11-4-12-23-35/h1-31H. The van der Waals surface area contributed by atoms with Gasteiger partial charge in [0.1, 0.15) is 0 Å². The quantitative estimate of drug-likeness (QED) is 0.164. The van der Waals surface area contributed by atoms with Gasteiger partial charge in [0.25, 0.3) is 0 Å². The van der Waals surface area contributed by atoms with E-state index < -0.39 is 0 Å². The number of nitrogens with zero attached hydrogens (tertiary/aromatic N) is 5. The minimum absolute atomic E-state index is 0.650. The molecule has 0 bridgehead atoms. The van der Waals surface area contributed by atoms with Gasteiger partial charge in [0.2, 0.25) is 0 Å². The first-order chi connectivity index (χ1) is 27.2. The molecule has 0 saturated carbocycles. The first-order valence-electron chi connectivity index (χ1n) is 18.2. The van der Waals surface area contributed by atoms with Crippen LogP contribution in [0.5, 0.6) is 0 Å². The van der Waals surface area contributed by atoms with Crippen molar-refractivity contribution in [1.29, 1.82) is 0 Å². The molecule has 0 radical (unpaired) electrons. The summed E-state index contributed by atoms with van der Waals surface area (Å²) in [7, 11) is 0. The van der Waals surface area contributed by atoms with Gasteiger partial charge in [-0.2, -0.15) is 0 Å². The summed E-state index contributed by atoms with van der Waals surface area (Å²) in [5.41, 5.74) is 9.95. The highest BCUT2D eigenvalue weighted by Gasteiger charge is 2.18. The predicted octanol–water partition coefficient (Wildman–Crippen LogP) is 12.7. The summed E-state index contributed by atoms with van der Waals surface area (Å²) >= 11 is 1.77. The third-order valence-electron chi connectivity index (χ3n) is 9.78.